The molecule has 1 aliphatic rings. The highest BCUT2D eigenvalue weighted by molar-refractivity contribution is 6.28. The number of Topliss-reactive ketones (excluding diaryl/α,β-unsaturated/α-hetero) is 1. The number of methoxy groups -OCH3 is 1. The Balaban J connectivity index is 2.57. The average molecular weight is 398 g/mol. The van der Waals surface area contributed by atoms with Crippen LogP contribution in [0.5, 0.6) is 5.75 Å². The van der Waals surface area contributed by atoms with E-state index < -0.39 is 17.0 Å². The molecule has 0 saturated carbocycles. The lowest BCUT2D eigenvalue weighted by atomic mass is 9.68. The number of phenolic OH excluding ortho intramolecular Hbond substituents is 1. The van der Waals surface area contributed by atoms with E-state index in [2.05, 4.69) is 0 Å². The molecule has 2 rings (SSSR count). The van der Waals surface area contributed by atoms with E-state index in [4.69, 9.17) is 4.74 Å². The van der Waals surface area contributed by atoms with Gasteiger partial charge in [-0.2, -0.15) is 0 Å². The molecule has 1 aromatic carbocycles. The van der Waals surface area contributed by atoms with E-state index in [-0.39, 0.29) is 17.1 Å². The van der Waals surface area contributed by atoms with Crippen LogP contribution in [-0.2, 0) is 14.3 Å². The molecule has 5 heteroatoms. The second-order valence-corrected chi connectivity index (χ2v) is 7.33. The molecule has 0 aromatic heterocycles. The van der Waals surface area contributed by atoms with Crippen LogP contribution in [0, 0.1) is 19.3 Å². The summed E-state index contributed by atoms with van der Waals surface area (Å²) in [6, 6.07) is 3.28. The number of benzene rings is 1. The fraction of sp³-hybridized carbons (Fsp3) is 0.417. The molecule has 156 valence electrons. The first-order valence-corrected chi connectivity index (χ1v) is 9.97. The zero-order valence-electron chi connectivity index (χ0n) is 18.0. The summed E-state index contributed by atoms with van der Waals surface area (Å²) in [6.45, 7) is 9.28. The predicted octanol–water partition coefficient (Wildman–Crippen LogP) is 5.10. The maximum Gasteiger partial charge on any atom is 0.193 e. The number of ether oxygens (including phenoxy) is 1. The number of phenols is 1. The number of ketones is 2. The van der Waals surface area contributed by atoms with Crippen molar-refractivity contribution < 1.29 is 24.5 Å². The van der Waals surface area contributed by atoms with Crippen LogP contribution in [0.3, 0.4) is 0 Å². The molecule has 1 aliphatic carbocycles. The summed E-state index contributed by atoms with van der Waals surface area (Å²) in [6.07, 6.45) is 4.31. The van der Waals surface area contributed by atoms with Crippen molar-refractivity contribution in [1.29, 1.82) is 0 Å². The normalized spacial score (nSPS) is 16.7. The highest BCUT2D eigenvalue weighted by atomic mass is 16.5. The number of aliphatic hydroxyl groups excluding tert-OH is 1. The second-order valence-electron chi connectivity index (χ2n) is 7.33. The third-order valence-electron chi connectivity index (χ3n) is 6.12. The fourth-order valence-electron chi connectivity index (χ4n) is 4.02. The first kappa shape index (κ1) is 22.5. The van der Waals surface area contributed by atoms with Crippen LogP contribution in [0.4, 0.5) is 0 Å². The largest absolute Gasteiger partial charge is 0.508 e. The molecule has 0 atom stereocenters. The molecule has 0 radical (unpaired) electrons. The molecule has 0 amide bonds. The van der Waals surface area contributed by atoms with Crippen LogP contribution in [0.2, 0.25) is 0 Å². The summed E-state index contributed by atoms with van der Waals surface area (Å²) in [5, 5.41) is 20.6. The Labute approximate surface area is 172 Å². The molecule has 5 nitrogen and oxygen atoms in total. The van der Waals surface area contributed by atoms with E-state index in [9.17, 15) is 19.8 Å². The summed E-state index contributed by atoms with van der Waals surface area (Å²) in [7, 11) is 1.49. The number of carbonyl (C=O) groups excluding carboxylic acids is 2. The van der Waals surface area contributed by atoms with Crippen molar-refractivity contribution in [1.82, 2.24) is 0 Å². The average Bonchev–Trinajstić information content (AvgIpc) is 2.71. The molecule has 2 N–H and O–H groups in total. The van der Waals surface area contributed by atoms with Crippen LogP contribution in [-0.4, -0.2) is 28.9 Å². The Morgan fingerprint density at radius 3 is 2.24 bits per heavy atom. The van der Waals surface area contributed by atoms with Gasteiger partial charge in [0.2, 0.25) is 0 Å². The van der Waals surface area contributed by atoms with Crippen molar-refractivity contribution in [3.05, 3.63) is 57.6 Å². The van der Waals surface area contributed by atoms with Crippen LogP contribution < -0.4 is 0 Å². The zero-order valence-corrected chi connectivity index (χ0v) is 18.0. The molecule has 0 saturated heterocycles. The number of rotatable bonds is 7. The van der Waals surface area contributed by atoms with Gasteiger partial charge in [0, 0.05) is 5.57 Å². The Morgan fingerprint density at radius 1 is 1.10 bits per heavy atom. The van der Waals surface area contributed by atoms with Gasteiger partial charge in [0.05, 0.1) is 12.5 Å². The third kappa shape index (κ3) is 3.61. The molecule has 0 aliphatic heterocycles. The van der Waals surface area contributed by atoms with E-state index in [1.165, 1.54) is 13.2 Å². The summed E-state index contributed by atoms with van der Waals surface area (Å²) in [4.78, 5) is 26.3. The number of aliphatic hydroxyl groups is 1. The van der Waals surface area contributed by atoms with E-state index in [0.29, 0.717) is 30.6 Å². The van der Waals surface area contributed by atoms with Crippen molar-refractivity contribution in [2.45, 2.75) is 53.9 Å². The lowest BCUT2D eigenvalue weighted by Crippen LogP contribution is -2.40. The molecule has 0 fully saturated rings. The van der Waals surface area contributed by atoms with Gasteiger partial charge in [-0.1, -0.05) is 32.9 Å². The minimum atomic E-state index is -0.948. The summed E-state index contributed by atoms with van der Waals surface area (Å²) in [5.41, 5.74) is 1.70. The Morgan fingerprint density at radius 2 is 1.72 bits per heavy atom. The second kappa shape index (κ2) is 8.68. The molecule has 0 bridgehead atoms. The highest BCUT2D eigenvalue weighted by Gasteiger charge is 2.49. The van der Waals surface area contributed by atoms with E-state index >= 15 is 0 Å². The quantitative estimate of drug-likeness (QED) is 0.493. The van der Waals surface area contributed by atoms with Crippen molar-refractivity contribution in [2.75, 3.05) is 7.11 Å². The molecule has 29 heavy (non-hydrogen) atoms. The monoisotopic (exact) mass is 398 g/mol. The molecule has 0 unspecified atom stereocenters. The maximum absolute atomic E-state index is 13.3. The van der Waals surface area contributed by atoms with Crippen molar-refractivity contribution in [3.63, 3.8) is 0 Å². The summed E-state index contributed by atoms with van der Waals surface area (Å²) < 4.78 is 5.54. The van der Waals surface area contributed by atoms with Gasteiger partial charge in [-0.15, -0.1) is 0 Å². The number of aromatic hydroxyl groups is 1. The van der Waals surface area contributed by atoms with Gasteiger partial charge >= 0.3 is 0 Å². The number of hydrogen-bond acceptors (Lipinski definition) is 5. The Hall–Kier alpha value is -2.82. The lowest BCUT2D eigenvalue weighted by Gasteiger charge is -2.37. The van der Waals surface area contributed by atoms with Crippen molar-refractivity contribution in [2.24, 2.45) is 5.41 Å². The van der Waals surface area contributed by atoms with Crippen LogP contribution in [0.1, 0.15) is 56.7 Å². The van der Waals surface area contributed by atoms with Gasteiger partial charge in [0.1, 0.15) is 22.8 Å². The predicted molar refractivity (Wildman–Crippen MR) is 114 cm³/mol. The standard InChI is InChI=1S/C24H30O5/c1-7-17-21(27)20(22(28)24(8-2,9-3)23(17)29-6)19(26)13-11-16-10-12-18(25)15(5)14(16)4/h10-13,25,27H,7-9H2,1-6H3/b13-11+. The van der Waals surface area contributed by atoms with Gasteiger partial charge in [-0.05, 0) is 61.9 Å². The van der Waals surface area contributed by atoms with Gasteiger partial charge in [0.25, 0.3) is 0 Å². The zero-order chi connectivity index (χ0) is 21.9. The minimum Gasteiger partial charge on any atom is -0.508 e. The third-order valence-corrected chi connectivity index (χ3v) is 6.12. The Bertz CT molecular complexity index is 927. The first-order valence-electron chi connectivity index (χ1n) is 9.97. The smallest absolute Gasteiger partial charge is 0.193 e. The van der Waals surface area contributed by atoms with Gasteiger partial charge in [-0.25, -0.2) is 0 Å². The van der Waals surface area contributed by atoms with Crippen molar-refractivity contribution >= 4 is 17.6 Å². The SMILES string of the molecule is CCC1=C(OC)C(CC)(CC)C(=O)C(C(=O)/C=C/c2ccc(O)c(C)c2C)=C1O. The van der Waals surface area contributed by atoms with Crippen molar-refractivity contribution in [3.8, 4) is 5.75 Å². The maximum atomic E-state index is 13.3. The Kier molecular flexibility index (Phi) is 6.73. The van der Waals surface area contributed by atoms with E-state index in [0.717, 1.165) is 16.7 Å². The van der Waals surface area contributed by atoms with Crippen LogP contribution in [0.25, 0.3) is 6.08 Å². The van der Waals surface area contributed by atoms with E-state index in [1.54, 1.807) is 25.1 Å². The molecule has 0 spiro atoms. The number of allylic oxidation sites excluding steroid dienone is 4. The number of carbonyl (C=O) groups is 2. The highest BCUT2D eigenvalue weighted by Crippen LogP contribution is 2.46. The van der Waals surface area contributed by atoms with Gasteiger partial charge < -0.3 is 14.9 Å². The fourth-order valence-corrected chi connectivity index (χ4v) is 4.02. The van der Waals surface area contributed by atoms with Gasteiger partial charge in [0.15, 0.2) is 11.6 Å². The molecular weight excluding hydrogens is 368 g/mol. The van der Waals surface area contributed by atoms with Crippen LogP contribution in [0.15, 0.2) is 40.9 Å². The van der Waals surface area contributed by atoms with Crippen LogP contribution >= 0.6 is 0 Å². The molecular formula is C24H30O5. The molecule has 0 heterocycles. The summed E-state index contributed by atoms with van der Waals surface area (Å²) >= 11 is 0. The van der Waals surface area contributed by atoms with E-state index in [1.807, 2.05) is 27.7 Å². The lowest BCUT2D eigenvalue weighted by molar-refractivity contribution is -0.128. The molecule has 1 aromatic rings. The number of hydrogen-bond donors (Lipinski definition) is 2. The topological polar surface area (TPSA) is 83.8 Å². The minimum absolute atomic E-state index is 0.184. The summed E-state index contributed by atoms with van der Waals surface area (Å²) in [5.74, 6) is -0.584. The first-order chi connectivity index (χ1) is 13.7. The van der Waals surface area contributed by atoms with Gasteiger partial charge in [-0.3, -0.25) is 9.59 Å².